The van der Waals surface area contributed by atoms with E-state index in [0.717, 1.165) is 29.7 Å². The Morgan fingerprint density at radius 1 is 1.17 bits per heavy atom. The van der Waals surface area contributed by atoms with Gasteiger partial charge in [-0.15, -0.1) is 0 Å². The van der Waals surface area contributed by atoms with Gasteiger partial charge in [-0.05, 0) is 60.4 Å². The number of aryl methyl sites for hydroxylation is 1. The van der Waals surface area contributed by atoms with Gasteiger partial charge in [0.25, 0.3) is 5.91 Å². The first-order valence-electron chi connectivity index (χ1n) is 9.43. The summed E-state index contributed by atoms with van der Waals surface area (Å²) < 4.78 is 0. The topological polar surface area (TPSA) is 96.6 Å². The number of rotatable bonds is 6. The van der Waals surface area contributed by atoms with Gasteiger partial charge < -0.3 is 16.4 Å². The van der Waals surface area contributed by atoms with E-state index in [1.165, 1.54) is 6.08 Å². The van der Waals surface area contributed by atoms with Crippen molar-refractivity contribution in [3.8, 4) is 0 Å². The highest BCUT2D eigenvalue weighted by Crippen LogP contribution is 2.20. The molecule has 1 aliphatic rings. The number of hydrogen-bond donors (Lipinski definition) is 3. The van der Waals surface area contributed by atoms with Crippen molar-refractivity contribution in [3.63, 3.8) is 0 Å². The van der Waals surface area contributed by atoms with Crippen molar-refractivity contribution in [2.24, 2.45) is 4.99 Å². The summed E-state index contributed by atoms with van der Waals surface area (Å²) in [5.74, 6) is -0.414. The molecular weight excluding hydrogens is 364 g/mol. The Morgan fingerprint density at radius 2 is 1.97 bits per heavy atom. The molecule has 2 aromatic carbocycles. The molecule has 4 N–H and O–H groups in total. The van der Waals surface area contributed by atoms with Crippen LogP contribution in [-0.4, -0.2) is 24.6 Å². The fourth-order valence-electron chi connectivity index (χ4n) is 2.82. The molecule has 29 heavy (non-hydrogen) atoms. The Bertz CT molecular complexity index is 988. The van der Waals surface area contributed by atoms with Crippen LogP contribution in [0.5, 0.6) is 0 Å². The van der Waals surface area contributed by atoms with Crippen LogP contribution in [0, 0.1) is 6.92 Å². The maximum absolute atomic E-state index is 12.4. The lowest BCUT2D eigenvalue weighted by molar-refractivity contribution is -0.116. The third-order valence-corrected chi connectivity index (χ3v) is 4.44. The molecule has 0 aromatic heterocycles. The molecule has 0 bridgehead atoms. The number of amides is 2. The van der Waals surface area contributed by atoms with Gasteiger partial charge in [-0.2, -0.15) is 0 Å². The highest BCUT2D eigenvalue weighted by molar-refractivity contribution is 6.05. The van der Waals surface area contributed by atoms with Crippen LogP contribution < -0.4 is 16.4 Å². The Morgan fingerprint density at radius 3 is 2.66 bits per heavy atom. The van der Waals surface area contributed by atoms with Gasteiger partial charge in [0.2, 0.25) is 5.91 Å². The zero-order chi connectivity index (χ0) is 20.6. The number of hydrogen-bond acceptors (Lipinski definition) is 4. The molecule has 1 aliphatic heterocycles. The van der Waals surface area contributed by atoms with Gasteiger partial charge in [-0.3, -0.25) is 14.6 Å². The summed E-state index contributed by atoms with van der Waals surface area (Å²) in [4.78, 5) is 28.5. The summed E-state index contributed by atoms with van der Waals surface area (Å²) in [5, 5.41) is 5.64. The largest absolute Gasteiger partial charge is 0.397 e. The quantitative estimate of drug-likeness (QED) is 0.523. The second kappa shape index (κ2) is 9.50. The van der Waals surface area contributed by atoms with Crippen LogP contribution in [0.25, 0.3) is 0 Å². The van der Waals surface area contributed by atoms with Crippen molar-refractivity contribution in [1.29, 1.82) is 0 Å². The van der Waals surface area contributed by atoms with E-state index in [0.29, 0.717) is 23.5 Å². The molecule has 2 aromatic rings. The fourth-order valence-corrected chi connectivity index (χ4v) is 2.82. The molecule has 0 spiro atoms. The molecule has 1 heterocycles. The van der Waals surface area contributed by atoms with Crippen molar-refractivity contribution in [2.45, 2.75) is 19.9 Å². The molecule has 6 nitrogen and oxygen atoms in total. The second-order valence-electron chi connectivity index (χ2n) is 6.82. The number of allylic oxidation sites excluding steroid dienone is 2. The molecule has 0 saturated carbocycles. The van der Waals surface area contributed by atoms with Gasteiger partial charge in [-0.1, -0.05) is 24.3 Å². The van der Waals surface area contributed by atoms with Gasteiger partial charge in [-0.25, -0.2) is 0 Å². The number of nitrogens with two attached hydrogens (primary N) is 1. The summed E-state index contributed by atoms with van der Waals surface area (Å²) in [5.41, 5.74) is 10.4. The zero-order valence-electron chi connectivity index (χ0n) is 16.3. The van der Waals surface area contributed by atoms with Crippen molar-refractivity contribution in [3.05, 3.63) is 83.0 Å². The molecule has 0 fully saturated rings. The number of benzene rings is 2. The minimum Gasteiger partial charge on any atom is -0.397 e. The average Bonchev–Trinajstić information content (AvgIpc) is 2.74. The molecule has 0 unspecified atom stereocenters. The van der Waals surface area contributed by atoms with E-state index in [2.05, 4.69) is 15.6 Å². The van der Waals surface area contributed by atoms with E-state index < -0.39 is 0 Å². The normalized spacial score (nSPS) is 13.2. The van der Waals surface area contributed by atoms with Crippen molar-refractivity contribution < 1.29 is 9.59 Å². The molecule has 148 valence electrons. The first-order chi connectivity index (χ1) is 14.0. The van der Waals surface area contributed by atoms with Gasteiger partial charge in [0.15, 0.2) is 0 Å². The number of carbonyl (C=O) groups is 2. The van der Waals surface area contributed by atoms with Crippen LogP contribution in [0.4, 0.5) is 11.4 Å². The number of nitrogens with zero attached hydrogens (tertiary/aromatic N) is 1. The number of dihydropyridines is 1. The third kappa shape index (κ3) is 5.90. The predicted octanol–water partition coefficient (Wildman–Crippen LogP) is 3.40. The maximum Gasteiger partial charge on any atom is 0.255 e. The molecule has 0 saturated heterocycles. The molecule has 0 atom stereocenters. The van der Waals surface area contributed by atoms with Crippen LogP contribution in [0.2, 0.25) is 0 Å². The second-order valence-corrected chi connectivity index (χ2v) is 6.82. The molecule has 2 amide bonds. The van der Waals surface area contributed by atoms with Crippen molar-refractivity contribution in [1.82, 2.24) is 5.32 Å². The minimum atomic E-state index is -0.235. The van der Waals surface area contributed by atoms with Crippen LogP contribution in [-0.2, 0) is 11.3 Å². The highest BCUT2D eigenvalue weighted by Gasteiger charge is 2.08. The fraction of sp³-hybridized carbons (Fsp3) is 0.174. The highest BCUT2D eigenvalue weighted by atomic mass is 16.2. The zero-order valence-corrected chi connectivity index (χ0v) is 16.3. The van der Waals surface area contributed by atoms with E-state index in [1.807, 2.05) is 37.3 Å². The van der Waals surface area contributed by atoms with E-state index in [1.54, 1.807) is 30.5 Å². The Kier molecular flexibility index (Phi) is 6.58. The Balaban J connectivity index is 1.52. The van der Waals surface area contributed by atoms with Gasteiger partial charge in [0.1, 0.15) is 0 Å². The lowest BCUT2D eigenvalue weighted by atomic mass is 10.1. The smallest absolute Gasteiger partial charge is 0.255 e. The Labute approximate surface area is 170 Å². The number of aliphatic imine (C=N–C) groups is 1. The first kappa shape index (κ1) is 20.1. The van der Waals surface area contributed by atoms with Crippen molar-refractivity contribution >= 4 is 29.4 Å². The molecule has 3 rings (SSSR count). The van der Waals surface area contributed by atoms with Gasteiger partial charge in [0, 0.05) is 30.9 Å². The number of anilines is 2. The number of carbonyl (C=O) groups excluding carboxylic acids is 2. The molecule has 0 radical (unpaired) electrons. The summed E-state index contributed by atoms with van der Waals surface area (Å²) in [6.07, 6.45) is 7.96. The summed E-state index contributed by atoms with van der Waals surface area (Å²) in [7, 11) is 0. The Hall–Kier alpha value is -3.67. The van der Waals surface area contributed by atoms with Crippen LogP contribution in [0.3, 0.4) is 0 Å². The number of nitrogens with one attached hydrogen (secondary N) is 2. The summed E-state index contributed by atoms with van der Waals surface area (Å²) >= 11 is 0. The molecular formula is C23H24N4O2. The number of nitrogen functional groups attached to an aromatic ring is 1. The van der Waals surface area contributed by atoms with Crippen LogP contribution in [0.15, 0.2) is 71.3 Å². The lowest BCUT2D eigenvalue weighted by Gasteiger charge is -2.09. The van der Waals surface area contributed by atoms with Crippen LogP contribution in [0.1, 0.15) is 27.9 Å². The minimum absolute atomic E-state index is 0.179. The van der Waals surface area contributed by atoms with E-state index in [-0.39, 0.29) is 11.8 Å². The summed E-state index contributed by atoms with van der Waals surface area (Å²) in [6, 6.07) is 12.6. The predicted molar refractivity (Wildman–Crippen MR) is 117 cm³/mol. The first-order valence-corrected chi connectivity index (χ1v) is 9.43. The van der Waals surface area contributed by atoms with E-state index >= 15 is 0 Å². The monoisotopic (exact) mass is 388 g/mol. The van der Waals surface area contributed by atoms with Crippen LogP contribution >= 0.6 is 0 Å². The third-order valence-electron chi connectivity index (χ3n) is 4.44. The molecule has 6 heteroatoms. The van der Waals surface area contributed by atoms with E-state index in [9.17, 15) is 9.59 Å². The SMILES string of the molecule is Cc1ccc(NC(=O)c2ccc(CNC(=O)/C=C/C3=CCCN=C3)cc2)c(N)c1. The lowest BCUT2D eigenvalue weighted by Crippen LogP contribution is -2.20. The maximum atomic E-state index is 12.4. The van der Waals surface area contributed by atoms with Gasteiger partial charge >= 0.3 is 0 Å². The summed E-state index contributed by atoms with van der Waals surface area (Å²) in [6.45, 7) is 3.12. The average molecular weight is 388 g/mol. The van der Waals surface area contributed by atoms with E-state index in [4.69, 9.17) is 5.73 Å². The van der Waals surface area contributed by atoms with Gasteiger partial charge in [0.05, 0.1) is 11.4 Å². The van der Waals surface area contributed by atoms with Crippen molar-refractivity contribution in [2.75, 3.05) is 17.6 Å². The standard InChI is InChI=1S/C23H24N4O2/c1-16-4-10-21(20(24)13-16)27-23(29)19-8-5-18(6-9-19)15-26-22(28)11-7-17-3-2-12-25-14-17/h3-11,13-14H,2,12,15,24H2,1H3,(H,26,28)(H,27,29)/b11-7+. The molecule has 0 aliphatic carbocycles.